The molecule has 0 aromatic heterocycles. The standard InChI is InChI=1S/C18H30N4O/c1-4-22(5-2)18(23)19-17(16-9-7-6-8-10-16)15-21-13-11-20(3)12-14-21/h6-10,17H,4-5,11-15H2,1-3H3,(H,19,23)/t17-/m1/s1. The van der Waals surface area contributed by atoms with E-state index in [1.54, 1.807) is 0 Å². The van der Waals surface area contributed by atoms with Crippen molar-refractivity contribution in [1.29, 1.82) is 0 Å². The van der Waals surface area contributed by atoms with Crippen LogP contribution in [0.4, 0.5) is 4.79 Å². The summed E-state index contributed by atoms with van der Waals surface area (Å²) in [7, 11) is 2.16. The van der Waals surface area contributed by atoms with Gasteiger partial charge in [0.2, 0.25) is 0 Å². The fourth-order valence-electron chi connectivity index (χ4n) is 2.96. The molecule has 1 aliphatic rings. The van der Waals surface area contributed by atoms with Crippen molar-refractivity contribution in [2.75, 3.05) is 52.9 Å². The maximum Gasteiger partial charge on any atom is 0.317 e. The van der Waals surface area contributed by atoms with Crippen molar-refractivity contribution in [3.8, 4) is 0 Å². The molecule has 0 aliphatic carbocycles. The Bertz CT molecular complexity index is 467. The SMILES string of the molecule is CCN(CC)C(=O)N[C@H](CN1CCN(C)CC1)c1ccccc1. The number of carbonyl (C=O) groups excluding carboxylic acids is 1. The number of nitrogens with zero attached hydrogens (tertiary/aromatic N) is 3. The maximum atomic E-state index is 12.5. The van der Waals surface area contributed by atoms with Crippen molar-refractivity contribution in [3.05, 3.63) is 35.9 Å². The molecule has 1 aromatic carbocycles. The summed E-state index contributed by atoms with van der Waals surface area (Å²) in [6, 6.07) is 10.4. The van der Waals surface area contributed by atoms with Crippen LogP contribution >= 0.6 is 0 Å². The average molecular weight is 318 g/mol. The number of hydrogen-bond acceptors (Lipinski definition) is 3. The predicted molar refractivity (Wildman–Crippen MR) is 94.6 cm³/mol. The van der Waals surface area contributed by atoms with Gasteiger partial charge in [0.05, 0.1) is 6.04 Å². The third-order valence-electron chi connectivity index (χ3n) is 4.59. The molecule has 2 amide bonds. The number of amides is 2. The van der Waals surface area contributed by atoms with Gasteiger partial charge >= 0.3 is 6.03 Å². The summed E-state index contributed by atoms with van der Waals surface area (Å²) in [6.07, 6.45) is 0. The lowest BCUT2D eigenvalue weighted by Crippen LogP contribution is -2.49. The summed E-state index contributed by atoms with van der Waals surface area (Å²) in [5.74, 6) is 0. The molecular weight excluding hydrogens is 288 g/mol. The van der Waals surface area contributed by atoms with E-state index in [9.17, 15) is 4.79 Å². The van der Waals surface area contributed by atoms with E-state index in [4.69, 9.17) is 0 Å². The lowest BCUT2D eigenvalue weighted by molar-refractivity contribution is 0.139. The van der Waals surface area contributed by atoms with Gasteiger partial charge in [-0.15, -0.1) is 0 Å². The summed E-state index contributed by atoms with van der Waals surface area (Å²) in [5, 5.41) is 3.23. The van der Waals surface area contributed by atoms with Gasteiger partial charge in [0.1, 0.15) is 0 Å². The zero-order chi connectivity index (χ0) is 16.7. The van der Waals surface area contributed by atoms with Crippen LogP contribution in [0.15, 0.2) is 30.3 Å². The topological polar surface area (TPSA) is 38.8 Å². The van der Waals surface area contributed by atoms with E-state index in [1.807, 2.05) is 36.9 Å². The van der Waals surface area contributed by atoms with Gasteiger partial charge < -0.3 is 15.1 Å². The number of piperazine rings is 1. The minimum atomic E-state index is 0.0259. The molecule has 5 nitrogen and oxygen atoms in total. The highest BCUT2D eigenvalue weighted by molar-refractivity contribution is 5.74. The first kappa shape index (κ1) is 17.8. The molecule has 1 aromatic rings. The molecule has 0 unspecified atom stereocenters. The van der Waals surface area contributed by atoms with Gasteiger partial charge in [-0.05, 0) is 26.5 Å². The van der Waals surface area contributed by atoms with Gasteiger partial charge in [-0.25, -0.2) is 4.79 Å². The van der Waals surface area contributed by atoms with E-state index in [0.717, 1.165) is 45.8 Å². The van der Waals surface area contributed by atoms with Crippen LogP contribution in [-0.2, 0) is 0 Å². The quantitative estimate of drug-likeness (QED) is 0.872. The first-order valence-electron chi connectivity index (χ1n) is 8.65. The van der Waals surface area contributed by atoms with Crippen molar-refractivity contribution in [2.45, 2.75) is 19.9 Å². The number of urea groups is 1. The molecule has 1 aliphatic heterocycles. The number of hydrogen-bond donors (Lipinski definition) is 1. The molecular formula is C18H30N4O. The number of carbonyl (C=O) groups is 1. The van der Waals surface area contributed by atoms with Crippen LogP contribution in [0.5, 0.6) is 0 Å². The summed E-state index contributed by atoms with van der Waals surface area (Å²) < 4.78 is 0. The van der Waals surface area contributed by atoms with Crippen LogP contribution in [0.2, 0.25) is 0 Å². The largest absolute Gasteiger partial charge is 0.330 e. The molecule has 1 saturated heterocycles. The second-order valence-electron chi connectivity index (χ2n) is 6.19. The van der Waals surface area contributed by atoms with Crippen LogP contribution in [0.25, 0.3) is 0 Å². The highest BCUT2D eigenvalue weighted by atomic mass is 16.2. The number of rotatable bonds is 6. The van der Waals surface area contributed by atoms with Gasteiger partial charge in [-0.1, -0.05) is 30.3 Å². The molecule has 0 spiro atoms. The normalized spacial score (nSPS) is 17.7. The summed E-state index contributed by atoms with van der Waals surface area (Å²) in [4.78, 5) is 19.1. The Morgan fingerprint density at radius 1 is 1.13 bits per heavy atom. The van der Waals surface area contributed by atoms with Gasteiger partial charge in [0.25, 0.3) is 0 Å². The molecule has 2 rings (SSSR count). The molecule has 128 valence electrons. The highest BCUT2D eigenvalue weighted by Crippen LogP contribution is 2.16. The minimum Gasteiger partial charge on any atom is -0.330 e. The molecule has 1 atom stereocenters. The van der Waals surface area contributed by atoms with Crippen LogP contribution in [0.3, 0.4) is 0 Å². The fraction of sp³-hybridized carbons (Fsp3) is 0.611. The molecule has 23 heavy (non-hydrogen) atoms. The predicted octanol–water partition coefficient (Wildman–Crippen LogP) is 2.03. The Morgan fingerprint density at radius 3 is 2.30 bits per heavy atom. The Hall–Kier alpha value is -1.59. The van der Waals surface area contributed by atoms with Crippen LogP contribution in [0, 0.1) is 0 Å². The third kappa shape index (κ3) is 5.22. The van der Waals surface area contributed by atoms with E-state index in [2.05, 4.69) is 34.3 Å². The Labute approximate surface area is 140 Å². The zero-order valence-corrected chi connectivity index (χ0v) is 14.7. The molecule has 1 heterocycles. The van der Waals surface area contributed by atoms with Crippen molar-refractivity contribution in [2.24, 2.45) is 0 Å². The van der Waals surface area contributed by atoms with Crippen molar-refractivity contribution in [1.82, 2.24) is 20.0 Å². The van der Waals surface area contributed by atoms with Gasteiger partial charge in [-0.2, -0.15) is 0 Å². The van der Waals surface area contributed by atoms with E-state index < -0.39 is 0 Å². The number of benzene rings is 1. The van der Waals surface area contributed by atoms with Gasteiger partial charge in [0, 0.05) is 45.8 Å². The van der Waals surface area contributed by atoms with Crippen LogP contribution in [-0.4, -0.2) is 73.6 Å². The summed E-state index contributed by atoms with van der Waals surface area (Å²) >= 11 is 0. The molecule has 0 saturated carbocycles. The van der Waals surface area contributed by atoms with E-state index in [0.29, 0.717) is 0 Å². The maximum absolute atomic E-state index is 12.5. The molecule has 1 N–H and O–H groups in total. The number of likely N-dealkylation sites (N-methyl/N-ethyl adjacent to an activating group) is 1. The summed E-state index contributed by atoms with van der Waals surface area (Å²) in [5.41, 5.74) is 1.17. The summed E-state index contributed by atoms with van der Waals surface area (Å²) in [6.45, 7) is 10.7. The van der Waals surface area contributed by atoms with Gasteiger partial charge in [-0.3, -0.25) is 4.90 Å². The average Bonchev–Trinajstić information content (AvgIpc) is 2.58. The molecule has 0 bridgehead atoms. The monoisotopic (exact) mass is 318 g/mol. The van der Waals surface area contributed by atoms with Crippen molar-refractivity contribution < 1.29 is 4.79 Å². The fourth-order valence-corrected chi connectivity index (χ4v) is 2.96. The van der Waals surface area contributed by atoms with E-state index in [1.165, 1.54) is 5.56 Å². The first-order valence-corrected chi connectivity index (χ1v) is 8.65. The lowest BCUT2D eigenvalue weighted by Gasteiger charge is -2.35. The number of nitrogens with one attached hydrogen (secondary N) is 1. The van der Waals surface area contributed by atoms with E-state index in [-0.39, 0.29) is 12.1 Å². The van der Waals surface area contributed by atoms with Gasteiger partial charge in [0.15, 0.2) is 0 Å². The Kier molecular flexibility index (Phi) is 6.86. The molecule has 1 fully saturated rings. The third-order valence-corrected chi connectivity index (χ3v) is 4.59. The smallest absolute Gasteiger partial charge is 0.317 e. The second kappa shape index (κ2) is 8.89. The lowest BCUT2D eigenvalue weighted by atomic mass is 10.1. The molecule has 5 heteroatoms. The second-order valence-corrected chi connectivity index (χ2v) is 6.19. The van der Waals surface area contributed by atoms with Crippen LogP contribution in [0.1, 0.15) is 25.5 Å². The Morgan fingerprint density at radius 2 is 1.74 bits per heavy atom. The van der Waals surface area contributed by atoms with E-state index >= 15 is 0 Å². The van der Waals surface area contributed by atoms with Crippen molar-refractivity contribution in [3.63, 3.8) is 0 Å². The molecule has 0 radical (unpaired) electrons. The Balaban J connectivity index is 2.05. The van der Waals surface area contributed by atoms with Crippen LogP contribution < -0.4 is 5.32 Å². The zero-order valence-electron chi connectivity index (χ0n) is 14.7. The minimum absolute atomic E-state index is 0.0259. The highest BCUT2D eigenvalue weighted by Gasteiger charge is 2.22. The first-order chi connectivity index (χ1) is 11.1. The van der Waals surface area contributed by atoms with Crippen molar-refractivity contribution >= 4 is 6.03 Å².